The molecular formula is C26H41ClN2O. The molecule has 0 aliphatic rings. The second-order valence-electron chi connectivity index (χ2n) is 7.96. The second-order valence-corrected chi connectivity index (χ2v) is 7.96. The zero-order valence-electron chi connectivity index (χ0n) is 19.2. The molecule has 0 aromatic heterocycles. The summed E-state index contributed by atoms with van der Waals surface area (Å²) in [4.78, 5) is 2.25. The zero-order chi connectivity index (χ0) is 20.9. The predicted molar refractivity (Wildman–Crippen MR) is 134 cm³/mol. The van der Waals surface area contributed by atoms with Crippen LogP contribution in [0.25, 0.3) is 10.8 Å². The molecule has 1 N–H and O–H groups in total. The molecule has 0 spiro atoms. The highest BCUT2D eigenvalue weighted by molar-refractivity contribution is 6.09. The molecule has 0 atom stereocenters. The smallest absolute Gasteiger partial charge is 0.128 e. The van der Waals surface area contributed by atoms with Gasteiger partial charge in [-0.05, 0) is 36.8 Å². The van der Waals surface area contributed by atoms with Crippen LogP contribution in [0.5, 0.6) is 5.75 Å². The summed E-state index contributed by atoms with van der Waals surface area (Å²) in [6, 6.07) is 12.5. The van der Waals surface area contributed by atoms with Crippen LogP contribution in [-0.2, 0) is 0 Å². The van der Waals surface area contributed by atoms with E-state index in [4.69, 9.17) is 10.1 Å². The molecule has 0 aliphatic carbocycles. The Morgan fingerprint density at radius 2 is 1.37 bits per heavy atom. The van der Waals surface area contributed by atoms with E-state index >= 15 is 0 Å². The van der Waals surface area contributed by atoms with Crippen molar-refractivity contribution in [3.05, 3.63) is 42.0 Å². The fraction of sp³-hybridized carbons (Fsp3) is 0.577. The molecule has 0 bridgehead atoms. The molecule has 0 saturated carbocycles. The summed E-state index contributed by atoms with van der Waals surface area (Å²) in [5, 5.41) is 11.2. The van der Waals surface area contributed by atoms with Gasteiger partial charge in [0.2, 0.25) is 0 Å². The van der Waals surface area contributed by atoms with Gasteiger partial charge in [-0.3, -0.25) is 5.41 Å². The van der Waals surface area contributed by atoms with Crippen molar-refractivity contribution in [2.45, 2.75) is 78.6 Å². The normalized spacial score (nSPS) is 10.6. The Balaban J connectivity index is 0.00000450. The SMILES string of the molecule is CCCCCCCOc1ccc(C(=N)N(CCCC)CCCC)c2ccccc12.Cl. The highest BCUT2D eigenvalue weighted by atomic mass is 35.5. The Morgan fingerprint density at radius 3 is 2.00 bits per heavy atom. The first-order valence-corrected chi connectivity index (χ1v) is 11.7. The fourth-order valence-electron chi connectivity index (χ4n) is 3.70. The zero-order valence-corrected chi connectivity index (χ0v) is 20.0. The standard InChI is InChI=1S/C26H40N2O.ClH/c1-4-7-10-11-14-21-29-25-18-17-24(22-15-12-13-16-23(22)25)26(27)28(19-8-5-2)20-9-6-3;/h12-13,15-18,27H,4-11,14,19-21H2,1-3H3;1H. The number of hydrogen-bond donors (Lipinski definition) is 1. The van der Waals surface area contributed by atoms with Gasteiger partial charge in [-0.2, -0.15) is 0 Å². The summed E-state index contributed by atoms with van der Waals surface area (Å²) in [5.74, 6) is 1.59. The van der Waals surface area contributed by atoms with Gasteiger partial charge in [0.1, 0.15) is 11.6 Å². The lowest BCUT2D eigenvalue weighted by molar-refractivity contribution is 0.308. The third-order valence-corrected chi connectivity index (χ3v) is 5.52. The predicted octanol–water partition coefficient (Wildman–Crippen LogP) is 7.84. The van der Waals surface area contributed by atoms with E-state index in [-0.39, 0.29) is 12.4 Å². The molecule has 0 heterocycles. The van der Waals surface area contributed by atoms with Gasteiger partial charge in [-0.1, -0.05) is 83.6 Å². The average Bonchev–Trinajstić information content (AvgIpc) is 2.75. The molecule has 0 amide bonds. The molecule has 2 aromatic carbocycles. The lowest BCUT2D eigenvalue weighted by atomic mass is 10.0. The number of fused-ring (bicyclic) bond motifs is 1. The number of ether oxygens (including phenoxy) is 1. The van der Waals surface area contributed by atoms with Crippen LogP contribution in [0, 0.1) is 5.41 Å². The van der Waals surface area contributed by atoms with E-state index in [1.54, 1.807) is 0 Å². The molecule has 0 radical (unpaired) electrons. The second kappa shape index (κ2) is 15.1. The van der Waals surface area contributed by atoms with Crippen LogP contribution < -0.4 is 4.74 Å². The van der Waals surface area contributed by atoms with Crippen molar-refractivity contribution in [2.24, 2.45) is 0 Å². The first-order chi connectivity index (χ1) is 14.2. The Kier molecular flexibility index (Phi) is 13.3. The van der Waals surface area contributed by atoms with E-state index in [1.165, 1.54) is 25.7 Å². The van der Waals surface area contributed by atoms with Gasteiger partial charge in [0.25, 0.3) is 0 Å². The van der Waals surface area contributed by atoms with Crippen molar-refractivity contribution in [2.75, 3.05) is 19.7 Å². The molecule has 0 unspecified atom stereocenters. The first-order valence-electron chi connectivity index (χ1n) is 11.7. The lowest BCUT2D eigenvalue weighted by Gasteiger charge is -2.26. The maximum Gasteiger partial charge on any atom is 0.128 e. The lowest BCUT2D eigenvalue weighted by Crippen LogP contribution is -2.33. The minimum Gasteiger partial charge on any atom is -0.493 e. The monoisotopic (exact) mass is 432 g/mol. The molecule has 168 valence electrons. The van der Waals surface area contributed by atoms with Gasteiger partial charge in [-0.25, -0.2) is 0 Å². The molecule has 2 rings (SSSR count). The van der Waals surface area contributed by atoms with Crippen molar-refractivity contribution in [1.82, 2.24) is 4.90 Å². The fourth-order valence-corrected chi connectivity index (χ4v) is 3.70. The van der Waals surface area contributed by atoms with Gasteiger partial charge >= 0.3 is 0 Å². The summed E-state index contributed by atoms with van der Waals surface area (Å²) in [6.45, 7) is 9.35. The number of benzene rings is 2. The number of rotatable bonds is 14. The van der Waals surface area contributed by atoms with Crippen LogP contribution >= 0.6 is 12.4 Å². The van der Waals surface area contributed by atoms with E-state index < -0.39 is 0 Å². The average molecular weight is 433 g/mol. The third kappa shape index (κ3) is 7.83. The Hall–Kier alpha value is -1.74. The number of unbranched alkanes of at least 4 members (excludes halogenated alkanes) is 6. The number of nitrogens with zero attached hydrogens (tertiary/aromatic N) is 1. The molecule has 0 saturated heterocycles. The first kappa shape index (κ1) is 26.3. The Morgan fingerprint density at radius 1 is 0.767 bits per heavy atom. The van der Waals surface area contributed by atoms with Crippen molar-refractivity contribution in [1.29, 1.82) is 5.41 Å². The van der Waals surface area contributed by atoms with Crippen LogP contribution in [0.1, 0.15) is 84.1 Å². The highest BCUT2D eigenvalue weighted by Gasteiger charge is 2.15. The summed E-state index contributed by atoms with van der Waals surface area (Å²) in [7, 11) is 0. The van der Waals surface area contributed by atoms with E-state index in [2.05, 4.69) is 62.1 Å². The van der Waals surface area contributed by atoms with Crippen LogP contribution in [0.4, 0.5) is 0 Å². The number of halogens is 1. The number of nitrogens with one attached hydrogen (secondary N) is 1. The van der Waals surface area contributed by atoms with Crippen molar-refractivity contribution in [3.8, 4) is 5.75 Å². The van der Waals surface area contributed by atoms with Crippen LogP contribution in [0.3, 0.4) is 0 Å². The largest absolute Gasteiger partial charge is 0.493 e. The molecular weight excluding hydrogens is 392 g/mol. The van der Waals surface area contributed by atoms with E-state index in [9.17, 15) is 0 Å². The Labute approximate surface area is 190 Å². The molecule has 4 heteroatoms. The van der Waals surface area contributed by atoms with E-state index in [0.29, 0.717) is 5.84 Å². The molecule has 3 nitrogen and oxygen atoms in total. The van der Waals surface area contributed by atoms with Crippen molar-refractivity contribution >= 4 is 29.0 Å². The number of amidine groups is 1. The maximum absolute atomic E-state index is 8.91. The summed E-state index contributed by atoms with van der Waals surface area (Å²) >= 11 is 0. The summed E-state index contributed by atoms with van der Waals surface area (Å²) in [5.41, 5.74) is 1.02. The van der Waals surface area contributed by atoms with Crippen molar-refractivity contribution < 1.29 is 4.74 Å². The maximum atomic E-state index is 8.91. The van der Waals surface area contributed by atoms with Gasteiger partial charge < -0.3 is 9.64 Å². The molecule has 0 fully saturated rings. The molecule has 30 heavy (non-hydrogen) atoms. The molecule has 2 aromatic rings. The van der Waals surface area contributed by atoms with E-state index in [0.717, 1.165) is 73.9 Å². The third-order valence-electron chi connectivity index (χ3n) is 5.52. The summed E-state index contributed by atoms with van der Waals surface area (Å²) in [6.07, 6.45) is 10.8. The Bertz CT molecular complexity index is 739. The molecule has 0 aliphatic heterocycles. The van der Waals surface area contributed by atoms with Crippen LogP contribution in [-0.4, -0.2) is 30.4 Å². The minimum atomic E-state index is 0. The van der Waals surface area contributed by atoms with Crippen LogP contribution in [0.2, 0.25) is 0 Å². The topological polar surface area (TPSA) is 36.3 Å². The highest BCUT2D eigenvalue weighted by Crippen LogP contribution is 2.30. The van der Waals surface area contributed by atoms with Gasteiger partial charge in [-0.15, -0.1) is 12.4 Å². The quantitative estimate of drug-likeness (QED) is 0.187. The summed E-state index contributed by atoms with van der Waals surface area (Å²) < 4.78 is 6.14. The van der Waals surface area contributed by atoms with Gasteiger partial charge in [0, 0.05) is 24.0 Å². The van der Waals surface area contributed by atoms with E-state index in [1.807, 2.05) is 0 Å². The number of hydrogen-bond acceptors (Lipinski definition) is 2. The van der Waals surface area contributed by atoms with Gasteiger partial charge in [0.05, 0.1) is 6.61 Å². The minimum absolute atomic E-state index is 0. The van der Waals surface area contributed by atoms with Crippen molar-refractivity contribution in [3.63, 3.8) is 0 Å². The van der Waals surface area contributed by atoms with Crippen LogP contribution in [0.15, 0.2) is 36.4 Å². The van der Waals surface area contributed by atoms with Gasteiger partial charge in [0.15, 0.2) is 0 Å².